The lowest BCUT2D eigenvalue weighted by atomic mass is 9.85. The van der Waals surface area contributed by atoms with Crippen molar-refractivity contribution >= 4 is 11.9 Å². The van der Waals surface area contributed by atoms with Crippen LogP contribution in [0.3, 0.4) is 0 Å². The number of amides is 1. The zero-order valence-electron chi connectivity index (χ0n) is 12.8. The second kappa shape index (κ2) is 5.65. The molecule has 0 radical (unpaired) electrons. The Balaban J connectivity index is 2.80. The Hall–Kier alpha value is -1.84. The van der Waals surface area contributed by atoms with Crippen molar-refractivity contribution in [3.63, 3.8) is 0 Å². The van der Waals surface area contributed by atoms with Crippen molar-refractivity contribution in [3.8, 4) is 0 Å². The van der Waals surface area contributed by atoms with Gasteiger partial charge in [0, 0.05) is 5.41 Å². The number of primary amides is 1. The van der Waals surface area contributed by atoms with Gasteiger partial charge in [-0.25, -0.2) is 4.79 Å². The molecule has 4 nitrogen and oxygen atoms in total. The van der Waals surface area contributed by atoms with Crippen molar-refractivity contribution in [2.75, 3.05) is 0 Å². The van der Waals surface area contributed by atoms with Crippen LogP contribution in [-0.2, 0) is 16.0 Å². The topological polar surface area (TPSA) is 69.4 Å². The Morgan fingerprint density at radius 1 is 1.05 bits per heavy atom. The van der Waals surface area contributed by atoms with Gasteiger partial charge in [-0.1, -0.05) is 26.0 Å². The van der Waals surface area contributed by atoms with E-state index in [2.05, 4.69) is 0 Å². The van der Waals surface area contributed by atoms with Crippen LogP contribution in [-0.4, -0.2) is 17.5 Å². The first kappa shape index (κ1) is 16.2. The summed E-state index contributed by atoms with van der Waals surface area (Å²) in [5, 5.41) is 0. The number of esters is 1. The summed E-state index contributed by atoms with van der Waals surface area (Å²) in [6, 6.07) is 7.06. The lowest BCUT2D eigenvalue weighted by molar-refractivity contribution is -0.125. The molecular formula is C16H23NO3. The van der Waals surface area contributed by atoms with E-state index in [1.54, 1.807) is 26.0 Å². The van der Waals surface area contributed by atoms with E-state index in [0.717, 1.165) is 5.56 Å². The number of hydrogen-bond donors (Lipinski definition) is 1. The second-order valence-corrected chi connectivity index (χ2v) is 6.62. The lowest BCUT2D eigenvalue weighted by Crippen LogP contribution is -2.33. The first-order valence-electron chi connectivity index (χ1n) is 6.63. The van der Waals surface area contributed by atoms with Gasteiger partial charge >= 0.3 is 5.97 Å². The van der Waals surface area contributed by atoms with Gasteiger partial charge in [-0.2, -0.15) is 0 Å². The highest BCUT2D eigenvalue weighted by Crippen LogP contribution is 2.22. The van der Waals surface area contributed by atoms with E-state index in [-0.39, 0.29) is 11.9 Å². The second-order valence-electron chi connectivity index (χ2n) is 6.62. The Kier molecular flexibility index (Phi) is 4.58. The number of rotatable bonds is 4. The predicted molar refractivity (Wildman–Crippen MR) is 78.3 cm³/mol. The zero-order chi connectivity index (χ0) is 15.6. The molecule has 0 bridgehead atoms. The van der Waals surface area contributed by atoms with E-state index in [0.29, 0.717) is 12.0 Å². The molecule has 0 spiro atoms. The van der Waals surface area contributed by atoms with Crippen molar-refractivity contribution in [2.24, 2.45) is 11.1 Å². The molecule has 0 saturated carbocycles. The summed E-state index contributed by atoms with van der Waals surface area (Å²) >= 11 is 0. The highest BCUT2D eigenvalue weighted by molar-refractivity contribution is 5.89. The lowest BCUT2D eigenvalue weighted by Gasteiger charge is -2.21. The van der Waals surface area contributed by atoms with Crippen LogP contribution >= 0.6 is 0 Å². The van der Waals surface area contributed by atoms with Gasteiger partial charge in [-0.05, 0) is 44.9 Å². The van der Waals surface area contributed by atoms with Crippen LogP contribution in [0.25, 0.3) is 0 Å². The van der Waals surface area contributed by atoms with Gasteiger partial charge in [0.25, 0.3) is 0 Å². The standard InChI is InChI=1S/C16H23NO3/c1-15(2,3)20-13(18)12-8-6-11(7-9-12)10-16(4,5)14(17)19/h6-9H,10H2,1-5H3,(H2,17,19). The van der Waals surface area contributed by atoms with Crippen LogP contribution in [0.15, 0.2) is 24.3 Å². The number of nitrogens with two attached hydrogens (primary N) is 1. The fourth-order valence-corrected chi connectivity index (χ4v) is 1.69. The minimum Gasteiger partial charge on any atom is -0.456 e. The maximum Gasteiger partial charge on any atom is 0.338 e. The van der Waals surface area contributed by atoms with E-state index in [4.69, 9.17) is 10.5 Å². The van der Waals surface area contributed by atoms with Gasteiger partial charge in [0.1, 0.15) is 5.60 Å². The smallest absolute Gasteiger partial charge is 0.338 e. The van der Waals surface area contributed by atoms with Crippen LogP contribution in [0.1, 0.15) is 50.5 Å². The Morgan fingerprint density at radius 2 is 1.55 bits per heavy atom. The van der Waals surface area contributed by atoms with Crippen molar-refractivity contribution in [1.29, 1.82) is 0 Å². The maximum absolute atomic E-state index is 11.9. The molecule has 0 atom stereocenters. The van der Waals surface area contributed by atoms with E-state index in [1.807, 2.05) is 32.9 Å². The summed E-state index contributed by atoms with van der Waals surface area (Å²) in [6.45, 7) is 9.09. The number of ether oxygens (including phenoxy) is 1. The minimum atomic E-state index is -0.604. The van der Waals surface area contributed by atoms with Crippen LogP contribution in [0.5, 0.6) is 0 Å². The van der Waals surface area contributed by atoms with E-state index >= 15 is 0 Å². The molecule has 110 valence electrons. The van der Waals surface area contributed by atoms with Gasteiger partial charge in [0.15, 0.2) is 0 Å². The van der Waals surface area contributed by atoms with Crippen LogP contribution in [0.2, 0.25) is 0 Å². The van der Waals surface area contributed by atoms with E-state index in [9.17, 15) is 9.59 Å². The van der Waals surface area contributed by atoms with Crippen LogP contribution < -0.4 is 5.73 Å². The fraction of sp³-hybridized carbons (Fsp3) is 0.500. The van der Waals surface area contributed by atoms with E-state index < -0.39 is 11.0 Å². The molecule has 0 aliphatic carbocycles. The molecule has 1 rings (SSSR count). The zero-order valence-corrected chi connectivity index (χ0v) is 12.8. The number of carbonyl (C=O) groups is 2. The SMILES string of the molecule is CC(C)(C)OC(=O)c1ccc(CC(C)(C)C(N)=O)cc1. The average molecular weight is 277 g/mol. The largest absolute Gasteiger partial charge is 0.456 e. The molecule has 0 unspecified atom stereocenters. The molecule has 0 aliphatic rings. The molecule has 0 aromatic heterocycles. The molecule has 0 fully saturated rings. The average Bonchev–Trinajstić information content (AvgIpc) is 2.26. The quantitative estimate of drug-likeness (QED) is 0.860. The summed E-state index contributed by atoms with van der Waals surface area (Å²) in [5.74, 6) is -0.688. The summed E-state index contributed by atoms with van der Waals surface area (Å²) < 4.78 is 5.29. The summed E-state index contributed by atoms with van der Waals surface area (Å²) in [7, 11) is 0. The number of benzene rings is 1. The molecule has 0 saturated heterocycles. The molecule has 0 heterocycles. The first-order valence-corrected chi connectivity index (χ1v) is 6.63. The predicted octanol–water partition coefficient (Wildman–Crippen LogP) is 2.70. The maximum atomic E-state index is 11.9. The molecule has 2 N–H and O–H groups in total. The minimum absolute atomic E-state index is 0.339. The summed E-state index contributed by atoms with van der Waals surface area (Å²) in [4.78, 5) is 23.2. The molecule has 4 heteroatoms. The summed E-state index contributed by atoms with van der Waals surface area (Å²) in [6.07, 6.45) is 0.539. The third-order valence-corrected chi connectivity index (χ3v) is 2.90. The molecule has 1 aromatic rings. The molecule has 1 aromatic carbocycles. The van der Waals surface area contributed by atoms with Crippen LogP contribution in [0, 0.1) is 5.41 Å². The molecule has 0 aliphatic heterocycles. The fourth-order valence-electron chi connectivity index (χ4n) is 1.69. The Bertz CT molecular complexity index is 495. The van der Waals surface area contributed by atoms with Crippen molar-refractivity contribution in [2.45, 2.75) is 46.6 Å². The number of hydrogen-bond acceptors (Lipinski definition) is 3. The highest BCUT2D eigenvalue weighted by atomic mass is 16.6. The summed E-state index contributed by atoms with van der Waals surface area (Å²) in [5.41, 5.74) is 5.70. The Morgan fingerprint density at radius 3 is 1.95 bits per heavy atom. The normalized spacial score (nSPS) is 12.1. The van der Waals surface area contributed by atoms with Crippen molar-refractivity contribution < 1.29 is 14.3 Å². The third-order valence-electron chi connectivity index (χ3n) is 2.90. The van der Waals surface area contributed by atoms with Crippen LogP contribution in [0.4, 0.5) is 0 Å². The molecule has 20 heavy (non-hydrogen) atoms. The number of carbonyl (C=O) groups excluding carboxylic acids is 2. The molecular weight excluding hydrogens is 254 g/mol. The highest BCUT2D eigenvalue weighted by Gasteiger charge is 2.25. The van der Waals surface area contributed by atoms with Crippen molar-refractivity contribution in [3.05, 3.63) is 35.4 Å². The third kappa shape index (κ3) is 4.68. The first-order chi connectivity index (χ1) is 9.01. The van der Waals surface area contributed by atoms with E-state index in [1.165, 1.54) is 0 Å². The van der Waals surface area contributed by atoms with Gasteiger partial charge < -0.3 is 10.5 Å². The van der Waals surface area contributed by atoms with Gasteiger partial charge in [0.2, 0.25) is 5.91 Å². The monoisotopic (exact) mass is 277 g/mol. The Labute approximate surface area is 120 Å². The molecule has 1 amide bonds. The van der Waals surface area contributed by atoms with Gasteiger partial charge in [-0.3, -0.25) is 4.79 Å². The van der Waals surface area contributed by atoms with Crippen molar-refractivity contribution in [1.82, 2.24) is 0 Å². The van der Waals surface area contributed by atoms with Gasteiger partial charge in [0.05, 0.1) is 5.56 Å². The van der Waals surface area contributed by atoms with Gasteiger partial charge in [-0.15, -0.1) is 0 Å².